The molecule has 1 N–H and O–H groups in total. The molecule has 1 aliphatic carbocycles. The lowest BCUT2D eigenvalue weighted by Crippen LogP contribution is -2.48. The number of nitrogens with one attached hydrogen (secondary N) is 1. The highest BCUT2D eigenvalue weighted by atomic mass is 35.5. The Labute approximate surface area is 216 Å². The highest BCUT2D eigenvalue weighted by Crippen LogP contribution is 2.50. The van der Waals surface area contributed by atoms with Crippen LogP contribution in [-0.2, 0) is 28.5 Å². The number of nitrogens with zero attached hydrogens (tertiary/aromatic N) is 4. The molecule has 1 fully saturated rings. The van der Waals surface area contributed by atoms with Crippen molar-refractivity contribution in [2.24, 2.45) is 7.05 Å². The van der Waals surface area contributed by atoms with Gasteiger partial charge < -0.3 is 24.3 Å². The molecule has 2 heterocycles. The summed E-state index contributed by atoms with van der Waals surface area (Å²) in [5.41, 5.74) is 4.17. The monoisotopic (exact) mass is 509 g/mol. The number of hydrogen-bond donors (Lipinski definition) is 1. The third-order valence-electron chi connectivity index (χ3n) is 7.60. The topological polar surface area (TPSA) is 81.5 Å². The van der Waals surface area contributed by atoms with Crippen LogP contribution in [-0.4, -0.2) is 54.1 Å². The zero-order valence-electron chi connectivity index (χ0n) is 21.1. The first-order valence-corrected chi connectivity index (χ1v) is 12.6. The van der Waals surface area contributed by atoms with Gasteiger partial charge in [-0.1, -0.05) is 23.7 Å². The summed E-state index contributed by atoms with van der Waals surface area (Å²) < 4.78 is 12.7. The lowest BCUT2D eigenvalue weighted by molar-refractivity contribution is -0.00695. The number of aromatic nitrogens is 3. The Kier molecular flexibility index (Phi) is 6.87. The quantitative estimate of drug-likeness (QED) is 0.439. The molecule has 0 saturated heterocycles. The predicted octanol–water partition coefficient (Wildman–Crippen LogP) is 4.02. The van der Waals surface area contributed by atoms with E-state index >= 15 is 0 Å². The lowest BCUT2D eigenvalue weighted by atomic mass is 9.62. The van der Waals surface area contributed by atoms with Crippen LogP contribution in [0.15, 0.2) is 42.7 Å². The molecule has 0 bridgehead atoms. The van der Waals surface area contributed by atoms with Crippen molar-refractivity contribution in [1.29, 1.82) is 0 Å². The number of halogens is 1. The van der Waals surface area contributed by atoms with E-state index in [1.165, 1.54) is 0 Å². The maximum Gasteiger partial charge on any atom is 0.258 e. The van der Waals surface area contributed by atoms with Crippen molar-refractivity contribution in [1.82, 2.24) is 20.1 Å². The fraction of sp³-hybridized carbons (Fsp3) is 0.444. The molecule has 1 aromatic heterocycles. The van der Waals surface area contributed by atoms with Gasteiger partial charge in [0, 0.05) is 55.7 Å². The molecule has 2 aliphatic rings. The van der Waals surface area contributed by atoms with Gasteiger partial charge >= 0.3 is 0 Å². The Bertz CT molecular complexity index is 1270. The van der Waals surface area contributed by atoms with Gasteiger partial charge in [0.15, 0.2) is 0 Å². The molecule has 0 radical (unpaired) electrons. The summed E-state index contributed by atoms with van der Waals surface area (Å²) in [6.07, 6.45) is 3.53. The summed E-state index contributed by atoms with van der Waals surface area (Å²) in [4.78, 5) is 15.4. The second-order valence-corrected chi connectivity index (χ2v) is 10.2. The van der Waals surface area contributed by atoms with Gasteiger partial charge in [0.05, 0.1) is 24.7 Å². The van der Waals surface area contributed by atoms with Crippen molar-refractivity contribution in [2.75, 3.05) is 32.3 Å². The van der Waals surface area contributed by atoms with Crippen LogP contribution in [0.4, 0.5) is 5.69 Å². The van der Waals surface area contributed by atoms with E-state index in [-0.39, 0.29) is 23.5 Å². The number of ether oxygens (including phenoxy) is 2. The first-order chi connectivity index (χ1) is 17.4. The van der Waals surface area contributed by atoms with Crippen LogP contribution in [0.5, 0.6) is 0 Å². The highest BCUT2D eigenvalue weighted by molar-refractivity contribution is 6.32. The van der Waals surface area contributed by atoms with Crippen LogP contribution in [0.3, 0.4) is 0 Å². The molecular weight excluding hydrogens is 478 g/mol. The number of anilines is 1. The van der Waals surface area contributed by atoms with E-state index in [9.17, 15) is 4.79 Å². The number of carbonyl (C=O) groups is 1. The van der Waals surface area contributed by atoms with Crippen LogP contribution in [0.1, 0.15) is 58.7 Å². The summed E-state index contributed by atoms with van der Waals surface area (Å²) in [5.74, 6) is 0.873. The van der Waals surface area contributed by atoms with Crippen molar-refractivity contribution < 1.29 is 14.3 Å². The number of carbonyl (C=O) groups excluding carboxylic acids is 1. The van der Waals surface area contributed by atoms with E-state index in [0.29, 0.717) is 23.7 Å². The Balaban J connectivity index is 1.44. The molecule has 1 aliphatic heterocycles. The minimum atomic E-state index is -0.300. The van der Waals surface area contributed by atoms with Crippen molar-refractivity contribution in [3.05, 3.63) is 75.8 Å². The van der Waals surface area contributed by atoms with Crippen molar-refractivity contribution in [3.8, 4) is 0 Å². The van der Waals surface area contributed by atoms with Gasteiger partial charge in [-0.25, -0.2) is 0 Å². The van der Waals surface area contributed by atoms with E-state index in [1.54, 1.807) is 20.5 Å². The van der Waals surface area contributed by atoms with E-state index < -0.39 is 0 Å². The molecule has 9 heteroatoms. The first-order valence-electron chi connectivity index (χ1n) is 12.2. The van der Waals surface area contributed by atoms with Crippen molar-refractivity contribution in [2.45, 2.75) is 43.9 Å². The molecule has 1 amide bonds. The fourth-order valence-corrected chi connectivity index (χ4v) is 5.75. The maximum atomic E-state index is 13.6. The third-order valence-corrected chi connectivity index (χ3v) is 7.94. The van der Waals surface area contributed by atoms with Crippen molar-refractivity contribution in [3.63, 3.8) is 0 Å². The number of amides is 1. The molecule has 0 spiro atoms. The molecule has 5 rings (SSSR count). The largest absolute Gasteiger partial charge is 0.383 e. The van der Waals surface area contributed by atoms with Crippen LogP contribution in [0.25, 0.3) is 0 Å². The molecule has 1 atom stereocenters. The number of aryl methyl sites for hydroxylation is 1. The van der Waals surface area contributed by atoms with Gasteiger partial charge in [0.25, 0.3) is 5.91 Å². The Morgan fingerprint density at radius 2 is 2.06 bits per heavy atom. The fourth-order valence-electron chi connectivity index (χ4n) is 5.46. The number of benzene rings is 2. The number of rotatable bonds is 9. The molecule has 0 unspecified atom stereocenters. The SMILES string of the molecule is COCCN[C@H](C)c1cc(Cl)c2c(c1)C(=O)N(c1cccc(C3(c4nncn4C)CC(OC)C3)c1)C2. The van der Waals surface area contributed by atoms with E-state index in [1.807, 2.05) is 40.8 Å². The molecule has 190 valence electrons. The summed E-state index contributed by atoms with van der Waals surface area (Å²) in [6, 6.07) is 12.2. The standard InChI is InChI=1S/C27H32ClN5O3/c1-17(29-8-9-35-3)18-10-22-23(24(28)11-18)15-33(25(22)34)20-7-5-6-19(12-20)27(13-21(14-27)36-4)26-31-30-16-32(26)2/h5-7,10-12,16-17,21,29H,8-9,13-15H2,1-4H3/t17-,21?,27?/m1/s1. The van der Waals surface area contributed by atoms with Crippen molar-refractivity contribution >= 4 is 23.2 Å². The van der Waals surface area contributed by atoms with Gasteiger partial charge in [0.1, 0.15) is 12.2 Å². The van der Waals surface area contributed by atoms with E-state index in [2.05, 4.69) is 34.6 Å². The van der Waals surface area contributed by atoms with Gasteiger partial charge in [-0.05, 0) is 55.2 Å². The Hall–Kier alpha value is -2.78. The highest BCUT2D eigenvalue weighted by Gasteiger charge is 2.50. The predicted molar refractivity (Wildman–Crippen MR) is 139 cm³/mol. The van der Waals surface area contributed by atoms with E-state index in [4.69, 9.17) is 21.1 Å². The van der Waals surface area contributed by atoms with Crippen LogP contribution >= 0.6 is 11.6 Å². The summed E-state index contributed by atoms with van der Waals surface area (Å²) in [6.45, 7) is 3.84. The lowest BCUT2D eigenvalue weighted by Gasteiger charge is -2.46. The molecule has 3 aromatic rings. The van der Waals surface area contributed by atoms with Gasteiger partial charge in [-0.3, -0.25) is 4.79 Å². The van der Waals surface area contributed by atoms with Crippen LogP contribution in [0, 0.1) is 0 Å². The summed E-state index contributed by atoms with van der Waals surface area (Å²) >= 11 is 6.69. The van der Waals surface area contributed by atoms with Crippen LogP contribution < -0.4 is 10.2 Å². The van der Waals surface area contributed by atoms with Gasteiger partial charge in [-0.2, -0.15) is 0 Å². The smallest absolute Gasteiger partial charge is 0.258 e. The molecule has 36 heavy (non-hydrogen) atoms. The number of hydrogen-bond acceptors (Lipinski definition) is 6. The number of methoxy groups -OCH3 is 2. The second-order valence-electron chi connectivity index (χ2n) is 9.75. The van der Waals surface area contributed by atoms with Gasteiger partial charge in [-0.15, -0.1) is 10.2 Å². The Morgan fingerprint density at radius 3 is 2.75 bits per heavy atom. The molecule has 8 nitrogen and oxygen atoms in total. The zero-order chi connectivity index (χ0) is 25.4. The molecule has 2 aromatic carbocycles. The van der Waals surface area contributed by atoms with Gasteiger partial charge in [0.2, 0.25) is 0 Å². The normalized spacial score (nSPS) is 22.0. The molecule has 1 saturated carbocycles. The molecular formula is C27H32ClN5O3. The average molecular weight is 510 g/mol. The second kappa shape index (κ2) is 9.94. The van der Waals surface area contributed by atoms with E-state index in [0.717, 1.165) is 47.6 Å². The first kappa shape index (κ1) is 24.9. The third kappa shape index (κ3) is 4.22. The minimum Gasteiger partial charge on any atom is -0.383 e. The minimum absolute atomic E-state index is 0.0360. The summed E-state index contributed by atoms with van der Waals surface area (Å²) in [7, 11) is 5.39. The van der Waals surface area contributed by atoms with Crippen LogP contribution in [0.2, 0.25) is 5.02 Å². The summed E-state index contributed by atoms with van der Waals surface area (Å²) in [5, 5.41) is 12.6. The zero-order valence-corrected chi connectivity index (χ0v) is 21.9. The Morgan fingerprint density at radius 1 is 1.25 bits per heavy atom. The average Bonchev–Trinajstić information content (AvgIpc) is 3.43. The maximum absolute atomic E-state index is 13.6. The number of fused-ring (bicyclic) bond motifs is 1.